The molecule has 1 aliphatic heterocycles. The summed E-state index contributed by atoms with van der Waals surface area (Å²) in [6.45, 7) is 8.42. The summed E-state index contributed by atoms with van der Waals surface area (Å²) in [6, 6.07) is 8.52. The van der Waals surface area contributed by atoms with Crippen LogP contribution in [0.25, 0.3) is 0 Å². The highest BCUT2D eigenvalue weighted by molar-refractivity contribution is 5.80. The van der Waals surface area contributed by atoms with Gasteiger partial charge in [0.05, 0.1) is 19.3 Å². The predicted octanol–water partition coefficient (Wildman–Crippen LogP) is 2.66. The van der Waals surface area contributed by atoms with Crippen molar-refractivity contribution < 1.29 is 9.47 Å². The minimum atomic E-state index is 0.251. The number of ether oxygens (including phenoxy) is 2. The van der Waals surface area contributed by atoms with Gasteiger partial charge in [0, 0.05) is 39.7 Å². The second-order valence-corrected chi connectivity index (χ2v) is 6.64. The lowest BCUT2D eigenvalue weighted by atomic mass is 10.1. The van der Waals surface area contributed by atoms with Crippen molar-refractivity contribution in [3.63, 3.8) is 0 Å². The van der Waals surface area contributed by atoms with Crippen LogP contribution < -0.4 is 5.32 Å². The first-order valence-electron chi connectivity index (χ1n) is 8.76. The number of nitrogens with zero attached hydrogens (tertiary/aromatic N) is 2. The monoisotopic (exact) mass is 333 g/mol. The highest BCUT2D eigenvalue weighted by atomic mass is 16.5. The molecule has 1 aromatic carbocycles. The third kappa shape index (κ3) is 5.80. The molecule has 1 saturated heterocycles. The standard InChI is InChI=1S/C19H31N3O2/c1-15(2)24-14-17-7-5-6-16(10-17)11-21-19(20-3)22-9-8-18(12-22)13-23-4/h5-7,10,15,18H,8-9,11-14H2,1-4H3,(H,20,21). The molecule has 24 heavy (non-hydrogen) atoms. The van der Waals surface area contributed by atoms with Crippen molar-refractivity contribution in [1.29, 1.82) is 0 Å². The molecule has 1 unspecified atom stereocenters. The third-order valence-corrected chi connectivity index (χ3v) is 4.22. The number of guanidine groups is 1. The number of benzene rings is 1. The van der Waals surface area contributed by atoms with Crippen molar-refractivity contribution in [1.82, 2.24) is 10.2 Å². The van der Waals surface area contributed by atoms with Crippen molar-refractivity contribution in [3.05, 3.63) is 35.4 Å². The molecule has 2 rings (SSSR count). The molecule has 1 fully saturated rings. The number of methoxy groups -OCH3 is 1. The van der Waals surface area contributed by atoms with Crippen molar-refractivity contribution in [2.24, 2.45) is 10.9 Å². The maximum atomic E-state index is 5.68. The predicted molar refractivity (Wildman–Crippen MR) is 98.1 cm³/mol. The van der Waals surface area contributed by atoms with E-state index in [9.17, 15) is 0 Å². The lowest BCUT2D eigenvalue weighted by Crippen LogP contribution is -2.39. The zero-order valence-corrected chi connectivity index (χ0v) is 15.4. The molecule has 1 heterocycles. The molecular formula is C19H31N3O2. The van der Waals surface area contributed by atoms with E-state index in [1.165, 1.54) is 11.1 Å². The molecule has 0 amide bonds. The minimum absolute atomic E-state index is 0.251. The first-order chi connectivity index (χ1) is 11.6. The maximum absolute atomic E-state index is 5.68. The van der Waals surface area contributed by atoms with E-state index in [-0.39, 0.29) is 6.10 Å². The molecule has 0 spiro atoms. The van der Waals surface area contributed by atoms with E-state index < -0.39 is 0 Å². The number of rotatable bonds is 7. The normalized spacial score (nSPS) is 18.5. The fourth-order valence-electron chi connectivity index (χ4n) is 3.00. The largest absolute Gasteiger partial charge is 0.384 e. The van der Waals surface area contributed by atoms with E-state index in [1.54, 1.807) is 7.11 Å². The summed E-state index contributed by atoms with van der Waals surface area (Å²) >= 11 is 0. The van der Waals surface area contributed by atoms with Crippen LogP contribution in [0.15, 0.2) is 29.3 Å². The fraction of sp³-hybridized carbons (Fsp3) is 0.632. The van der Waals surface area contributed by atoms with Crippen molar-refractivity contribution in [2.45, 2.75) is 39.5 Å². The molecule has 0 aliphatic carbocycles. The Kier molecular flexibility index (Phi) is 7.53. The lowest BCUT2D eigenvalue weighted by molar-refractivity contribution is 0.0657. The molecular weight excluding hydrogens is 302 g/mol. The first-order valence-corrected chi connectivity index (χ1v) is 8.76. The Hall–Kier alpha value is -1.59. The zero-order chi connectivity index (χ0) is 17.4. The summed E-state index contributed by atoms with van der Waals surface area (Å²) < 4.78 is 11.0. The Labute approximate surface area is 146 Å². The number of likely N-dealkylation sites (tertiary alicyclic amines) is 1. The summed E-state index contributed by atoms with van der Waals surface area (Å²) in [5.41, 5.74) is 2.45. The highest BCUT2D eigenvalue weighted by Gasteiger charge is 2.24. The molecule has 134 valence electrons. The Morgan fingerprint density at radius 2 is 2.17 bits per heavy atom. The van der Waals surface area contributed by atoms with Gasteiger partial charge in [0.25, 0.3) is 0 Å². The van der Waals surface area contributed by atoms with Crippen LogP contribution in [-0.4, -0.2) is 50.8 Å². The zero-order valence-electron chi connectivity index (χ0n) is 15.4. The number of hydrogen-bond acceptors (Lipinski definition) is 3. The van der Waals surface area contributed by atoms with Crippen LogP contribution in [0.2, 0.25) is 0 Å². The van der Waals surface area contributed by atoms with Crippen LogP contribution in [0, 0.1) is 5.92 Å². The highest BCUT2D eigenvalue weighted by Crippen LogP contribution is 2.16. The van der Waals surface area contributed by atoms with Gasteiger partial charge in [-0.2, -0.15) is 0 Å². The Bertz CT molecular complexity index is 531. The first kappa shape index (κ1) is 18.7. The molecule has 5 heteroatoms. The van der Waals surface area contributed by atoms with Crippen LogP contribution >= 0.6 is 0 Å². The van der Waals surface area contributed by atoms with Crippen LogP contribution in [0.4, 0.5) is 0 Å². The summed E-state index contributed by atoms with van der Waals surface area (Å²) in [7, 11) is 3.62. The molecule has 0 saturated carbocycles. The van der Waals surface area contributed by atoms with Gasteiger partial charge in [-0.3, -0.25) is 4.99 Å². The van der Waals surface area contributed by atoms with Crippen molar-refractivity contribution in [2.75, 3.05) is 33.9 Å². The van der Waals surface area contributed by atoms with Gasteiger partial charge in [-0.1, -0.05) is 24.3 Å². The van der Waals surface area contributed by atoms with E-state index in [2.05, 4.69) is 53.3 Å². The number of aliphatic imine (C=N–C) groups is 1. The van der Waals surface area contributed by atoms with Crippen LogP contribution in [-0.2, 0) is 22.6 Å². The Morgan fingerprint density at radius 3 is 2.88 bits per heavy atom. The molecule has 0 radical (unpaired) electrons. The van der Waals surface area contributed by atoms with E-state index in [0.29, 0.717) is 12.5 Å². The maximum Gasteiger partial charge on any atom is 0.193 e. The topological polar surface area (TPSA) is 46.1 Å². The van der Waals surface area contributed by atoms with Gasteiger partial charge in [0.1, 0.15) is 0 Å². The fourth-order valence-corrected chi connectivity index (χ4v) is 3.00. The Morgan fingerprint density at radius 1 is 1.38 bits per heavy atom. The molecule has 0 bridgehead atoms. The SMILES string of the molecule is CN=C(NCc1cccc(COC(C)C)c1)N1CCC(COC)C1. The Balaban J connectivity index is 1.86. The molecule has 1 aliphatic rings. The average Bonchev–Trinajstić information content (AvgIpc) is 3.03. The van der Waals surface area contributed by atoms with E-state index in [1.807, 2.05) is 7.05 Å². The summed E-state index contributed by atoms with van der Waals surface area (Å²) in [6.07, 6.45) is 1.41. The van der Waals surface area contributed by atoms with Crippen LogP contribution in [0.1, 0.15) is 31.4 Å². The van der Waals surface area contributed by atoms with Gasteiger partial charge >= 0.3 is 0 Å². The molecule has 1 atom stereocenters. The van der Waals surface area contributed by atoms with Gasteiger partial charge in [-0.25, -0.2) is 0 Å². The number of nitrogens with one attached hydrogen (secondary N) is 1. The molecule has 5 nitrogen and oxygen atoms in total. The van der Waals surface area contributed by atoms with E-state index in [4.69, 9.17) is 9.47 Å². The molecule has 1 aromatic rings. The molecule has 1 N–H and O–H groups in total. The summed E-state index contributed by atoms with van der Waals surface area (Å²) in [5.74, 6) is 1.57. The second kappa shape index (κ2) is 9.64. The van der Waals surface area contributed by atoms with Gasteiger partial charge < -0.3 is 19.7 Å². The van der Waals surface area contributed by atoms with E-state index in [0.717, 1.165) is 38.6 Å². The smallest absolute Gasteiger partial charge is 0.193 e. The third-order valence-electron chi connectivity index (χ3n) is 4.22. The van der Waals surface area contributed by atoms with Crippen molar-refractivity contribution >= 4 is 5.96 Å². The van der Waals surface area contributed by atoms with Crippen molar-refractivity contribution in [3.8, 4) is 0 Å². The van der Waals surface area contributed by atoms with Gasteiger partial charge in [0.15, 0.2) is 5.96 Å². The summed E-state index contributed by atoms with van der Waals surface area (Å²) in [4.78, 5) is 6.74. The average molecular weight is 333 g/mol. The van der Waals surface area contributed by atoms with Gasteiger partial charge in [-0.05, 0) is 31.4 Å². The van der Waals surface area contributed by atoms with Gasteiger partial charge in [0.2, 0.25) is 0 Å². The second-order valence-electron chi connectivity index (χ2n) is 6.64. The number of hydrogen-bond donors (Lipinski definition) is 1. The summed E-state index contributed by atoms with van der Waals surface area (Å²) in [5, 5.41) is 3.48. The quantitative estimate of drug-likeness (QED) is 0.615. The lowest BCUT2D eigenvalue weighted by Gasteiger charge is -2.22. The van der Waals surface area contributed by atoms with Gasteiger partial charge in [-0.15, -0.1) is 0 Å². The van der Waals surface area contributed by atoms with Crippen LogP contribution in [0.3, 0.4) is 0 Å². The molecule has 0 aromatic heterocycles. The van der Waals surface area contributed by atoms with E-state index >= 15 is 0 Å². The van der Waals surface area contributed by atoms with Crippen LogP contribution in [0.5, 0.6) is 0 Å². The minimum Gasteiger partial charge on any atom is -0.384 e.